The van der Waals surface area contributed by atoms with E-state index in [-0.39, 0.29) is 0 Å². The maximum Gasteiger partial charge on any atom is 0.152 e. The van der Waals surface area contributed by atoms with Crippen LogP contribution in [0.3, 0.4) is 0 Å². The van der Waals surface area contributed by atoms with Crippen molar-refractivity contribution in [3.8, 4) is 0 Å². The average Bonchev–Trinajstić information content (AvgIpc) is 3.09. The first-order valence-electron chi connectivity index (χ1n) is 7.66. The topological polar surface area (TPSA) is 41.8 Å². The van der Waals surface area contributed by atoms with E-state index in [1.54, 1.807) is 7.11 Å². The number of nitrogens with one attached hydrogen (secondary N) is 1. The lowest BCUT2D eigenvalue weighted by Gasteiger charge is -2.18. The van der Waals surface area contributed by atoms with Crippen LogP contribution in [0.2, 0.25) is 0 Å². The van der Waals surface area contributed by atoms with Crippen molar-refractivity contribution in [2.75, 3.05) is 25.1 Å². The third kappa shape index (κ3) is 2.89. The van der Waals surface area contributed by atoms with Crippen LogP contribution in [-0.2, 0) is 11.3 Å². The molecule has 1 aliphatic rings. The van der Waals surface area contributed by atoms with E-state index in [2.05, 4.69) is 46.8 Å². The maximum absolute atomic E-state index is 5.48. The van der Waals surface area contributed by atoms with Gasteiger partial charge in [-0.2, -0.15) is 0 Å². The molecule has 1 fully saturated rings. The highest BCUT2D eigenvalue weighted by atomic mass is 16.5. The fraction of sp³-hybridized carbons (Fsp3) is 0.562. The molecule has 5 nitrogen and oxygen atoms in total. The van der Waals surface area contributed by atoms with Gasteiger partial charge in [-0.05, 0) is 18.6 Å². The summed E-state index contributed by atoms with van der Waals surface area (Å²) in [6.07, 6.45) is 3.48. The van der Waals surface area contributed by atoms with Gasteiger partial charge in [0.05, 0.1) is 11.8 Å². The lowest BCUT2D eigenvalue weighted by atomic mass is 10.3. The first-order valence-corrected chi connectivity index (χ1v) is 7.66. The van der Waals surface area contributed by atoms with Crippen LogP contribution in [-0.4, -0.2) is 41.7 Å². The van der Waals surface area contributed by atoms with Crippen molar-refractivity contribution in [3.63, 3.8) is 0 Å². The van der Waals surface area contributed by atoms with Gasteiger partial charge in [0.25, 0.3) is 0 Å². The smallest absolute Gasteiger partial charge is 0.152 e. The van der Waals surface area contributed by atoms with Crippen molar-refractivity contribution in [2.24, 2.45) is 0 Å². The van der Waals surface area contributed by atoms with Crippen LogP contribution in [0.5, 0.6) is 0 Å². The number of ether oxygens (including phenoxy) is 1. The van der Waals surface area contributed by atoms with Crippen molar-refractivity contribution in [2.45, 2.75) is 39.0 Å². The number of pyridine rings is 1. The van der Waals surface area contributed by atoms with Crippen molar-refractivity contribution in [1.29, 1.82) is 0 Å². The number of fused-ring (bicyclic) bond motifs is 1. The van der Waals surface area contributed by atoms with Crippen molar-refractivity contribution < 1.29 is 4.74 Å². The molecule has 3 heterocycles. The van der Waals surface area contributed by atoms with Gasteiger partial charge in [-0.25, -0.2) is 4.98 Å². The first kappa shape index (κ1) is 14.4. The largest absolute Gasteiger partial charge is 0.380 e. The molecule has 0 aromatic carbocycles. The van der Waals surface area contributed by atoms with Crippen molar-refractivity contribution >= 4 is 11.5 Å². The molecule has 3 rings (SSSR count). The SMILES string of the molecule is COC1CCN(c2nc3ccccn3c2CNC(C)C)C1. The second-order valence-corrected chi connectivity index (χ2v) is 5.94. The van der Waals surface area contributed by atoms with Gasteiger partial charge >= 0.3 is 0 Å². The zero-order valence-corrected chi connectivity index (χ0v) is 13.0. The minimum atomic E-state index is 0.320. The molecule has 1 unspecified atom stereocenters. The van der Waals surface area contributed by atoms with Crippen molar-refractivity contribution in [3.05, 3.63) is 30.1 Å². The van der Waals surface area contributed by atoms with E-state index >= 15 is 0 Å². The third-order valence-corrected chi connectivity index (χ3v) is 4.06. The fourth-order valence-electron chi connectivity index (χ4n) is 2.87. The molecular weight excluding hydrogens is 264 g/mol. The van der Waals surface area contributed by atoms with Crippen LogP contribution >= 0.6 is 0 Å². The number of hydrogen-bond donors (Lipinski definition) is 1. The fourth-order valence-corrected chi connectivity index (χ4v) is 2.87. The number of anilines is 1. The zero-order chi connectivity index (χ0) is 14.8. The summed E-state index contributed by atoms with van der Waals surface area (Å²) in [5.41, 5.74) is 2.24. The second kappa shape index (κ2) is 6.03. The minimum Gasteiger partial charge on any atom is -0.380 e. The van der Waals surface area contributed by atoms with E-state index in [1.807, 2.05) is 6.07 Å². The highest BCUT2D eigenvalue weighted by Crippen LogP contribution is 2.26. The van der Waals surface area contributed by atoms with Gasteiger partial charge in [0.1, 0.15) is 5.65 Å². The Morgan fingerprint density at radius 1 is 1.43 bits per heavy atom. The minimum absolute atomic E-state index is 0.320. The Balaban J connectivity index is 1.94. The molecule has 0 bridgehead atoms. The molecule has 5 heteroatoms. The van der Waals surface area contributed by atoms with E-state index in [0.717, 1.165) is 37.5 Å². The number of rotatable bonds is 5. The van der Waals surface area contributed by atoms with Crippen LogP contribution in [0, 0.1) is 0 Å². The van der Waals surface area contributed by atoms with Gasteiger partial charge < -0.3 is 19.4 Å². The summed E-state index contributed by atoms with van der Waals surface area (Å²) in [7, 11) is 1.79. The molecule has 2 aromatic heterocycles. The lowest BCUT2D eigenvalue weighted by Crippen LogP contribution is -2.27. The van der Waals surface area contributed by atoms with Gasteiger partial charge in [0, 0.05) is 39.0 Å². The predicted octanol–water partition coefficient (Wildman–Crippen LogP) is 2.06. The van der Waals surface area contributed by atoms with Gasteiger partial charge in [0.2, 0.25) is 0 Å². The van der Waals surface area contributed by atoms with Gasteiger partial charge in [-0.15, -0.1) is 0 Å². The number of aromatic nitrogens is 2. The van der Waals surface area contributed by atoms with E-state index in [1.165, 1.54) is 5.69 Å². The maximum atomic E-state index is 5.48. The third-order valence-electron chi connectivity index (χ3n) is 4.06. The molecule has 0 saturated carbocycles. The Labute approximate surface area is 125 Å². The van der Waals surface area contributed by atoms with Gasteiger partial charge in [-0.1, -0.05) is 19.9 Å². The molecule has 2 aromatic rings. The quantitative estimate of drug-likeness (QED) is 0.914. The Bertz CT molecular complexity index is 607. The highest BCUT2D eigenvalue weighted by molar-refractivity contribution is 5.56. The van der Waals surface area contributed by atoms with E-state index in [4.69, 9.17) is 9.72 Å². The molecule has 0 amide bonds. The number of methoxy groups -OCH3 is 1. The summed E-state index contributed by atoms with van der Waals surface area (Å²) in [5, 5.41) is 3.51. The second-order valence-electron chi connectivity index (χ2n) is 5.94. The summed E-state index contributed by atoms with van der Waals surface area (Å²) in [5.74, 6) is 1.09. The molecule has 1 atom stereocenters. The standard InChI is InChI=1S/C16H24N4O/c1-12(2)17-10-14-16(19-9-7-13(11-19)21-3)18-15-6-4-5-8-20(14)15/h4-6,8,12-13,17H,7,9-11H2,1-3H3. The number of nitrogens with zero attached hydrogens (tertiary/aromatic N) is 3. The Morgan fingerprint density at radius 3 is 3.00 bits per heavy atom. The van der Waals surface area contributed by atoms with Crippen LogP contribution < -0.4 is 10.2 Å². The summed E-state index contributed by atoms with van der Waals surface area (Å²) in [6, 6.07) is 6.61. The number of imidazole rings is 1. The highest BCUT2D eigenvalue weighted by Gasteiger charge is 2.26. The molecule has 1 saturated heterocycles. The Hall–Kier alpha value is -1.59. The van der Waals surface area contributed by atoms with Crippen LogP contribution in [0.1, 0.15) is 26.0 Å². The molecule has 0 aliphatic carbocycles. The predicted molar refractivity (Wildman–Crippen MR) is 84.8 cm³/mol. The molecule has 1 aliphatic heterocycles. The Kier molecular flexibility index (Phi) is 4.12. The molecular formula is C16H24N4O. The molecule has 114 valence electrons. The molecule has 21 heavy (non-hydrogen) atoms. The van der Waals surface area contributed by atoms with E-state index in [0.29, 0.717) is 12.1 Å². The molecule has 0 spiro atoms. The van der Waals surface area contributed by atoms with Crippen LogP contribution in [0.25, 0.3) is 5.65 Å². The Morgan fingerprint density at radius 2 is 2.29 bits per heavy atom. The lowest BCUT2D eigenvalue weighted by molar-refractivity contribution is 0.121. The van der Waals surface area contributed by atoms with E-state index in [9.17, 15) is 0 Å². The van der Waals surface area contributed by atoms with Gasteiger partial charge in [0.15, 0.2) is 5.82 Å². The number of hydrogen-bond acceptors (Lipinski definition) is 4. The average molecular weight is 288 g/mol. The van der Waals surface area contributed by atoms with E-state index < -0.39 is 0 Å². The van der Waals surface area contributed by atoms with Crippen molar-refractivity contribution in [1.82, 2.24) is 14.7 Å². The summed E-state index contributed by atoms with van der Waals surface area (Å²) in [4.78, 5) is 7.18. The summed E-state index contributed by atoms with van der Waals surface area (Å²) < 4.78 is 7.67. The summed E-state index contributed by atoms with van der Waals surface area (Å²) >= 11 is 0. The van der Waals surface area contributed by atoms with Crippen LogP contribution in [0.4, 0.5) is 5.82 Å². The molecule has 0 radical (unpaired) electrons. The van der Waals surface area contributed by atoms with Gasteiger partial charge in [-0.3, -0.25) is 0 Å². The molecule has 1 N–H and O–H groups in total. The monoisotopic (exact) mass is 288 g/mol. The zero-order valence-electron chi connectivity index (χ0n) is 13.0. The van der Waals surface area contributed by atoms with Crippen LogP contribution in [0.15, 0.2) is 24.4 Å². The first-order chi connectivity index (χ1) is 10.2. The summed E-state index contributed by atoms with van der Waals surface area (Å²) in [6.45, 7) is 7.10. The normalized spacial score (nSPS) is 19.0.